The van der Waals surface area contributed by atoms with Gasteiger partial charge in [0, 0.05) is 20.2 Å². The monoisotopic (exact) mass is 135 g/mol. The Hall–Kier alpha value is -1.59. The minimum Gasteiger partial charge on any atom is -0.411 e. The Morgan fingerprint density at radius 3 is 0.667 bits per heavy atom. The van der Waals surface area contributed by atoms with Gasteiger partial charge in [0.2, 0.25) is 0 Å². The molecule has 0 rings (SSSR count). The maximum Gasteiger partial charge on any atom is 0.0298 e. The maximum absolute atomic E-state index is 7.08. The summed E-state index contributed by atoms with van der Waals surface area (Å²) in [6, 6.07) is 0. The molecule has 0 saturated carbocycles. The molecule has 0 aliphatic carbocycles. The predicted octanol–water partition coefficient (Wildman–Crippen LogP) is 0.229. The molecular formula is C3H9N3O3. The van der Waals surface area contributed by atoms with Crippen molar-refractivity contribution in [2.75, 3.05) is 0 Å². The highest BCUT2D eigenvalue weighted by atomic mass is 16.4. The van der Waals surface area contributed by atoms with Crippen molar-refractivity contribution in [3.8, 4) is 0 Å². The molecule has 0 saturated heterocycles. The first-order valence-electron chi connectivity index (χ1n) is 1.55. The van der Waals surface area contributed by atoms with E-state index in [4.69, 9.17) is 15.6 Å². The summed E-state index contributed by atoms with van der Waals surface area (Å²) >= 11 is 0. The van der Waals surface area contributed by atoms with E-state index in [1.807, 2.05) is 0 Å². The van der Waals surface area contributed by atoms with Gasteiger partial charge in [-0.1, -0.05) is 0 Å². The van der Waals surface area contributed by atoms with Crippen LogP contribution < -0.4 is 0 Å². The second kappa shape index (κ2) is 94.4. The van der Waals surface area contributed by atoms with E-state index in [9.17, 15) is 0 Å². The van der Waals surface area contributed by atoms with Crippen LogP contribution >= 0.6 is 0 Å². The predicted molar refractivity (Wildman–Crippen MR) is 34.0 cm³/mol. The number of hydrogen-bond donors (Lipinski definition) is 3. The van der Waals surface area contributed by atoms with E-state index in [-0.39, 0.29) is 0 Å². The zero-order valence-corrected chi connectivity index (χ0v) is 4.80. The zero-order chi connectivity index (χ0) is 8.12. The van der Waals surface area contributed by atoms with Crippen LogP contribution in [0.3, 0.4) is 0 Å². The molecule has 0 aromatic rings. The largest absolute Gasteiger partial charge is 0.411 e. The van der Waals surface area contributed by atoms with Crippen LogP contribution in [0.1, 0.15) is 0 Å². The van der Waals surface area contributed by atoms with Gasteiger partial charge >= 0.3 is 0 Å². The van der Waals surface area contributed by atoms with E-state index >= 15 is 0 Å². The van der Waals surface area contributed by atoms with Crippen LogP contribution in [0.4, 0.5) is 0 Å². The topological polar surface area (TPSA) is 97.8 Å². The lowest BCUT2D eigenvalue weighted by atomic mass is 11.8. The van der Waals surface area contributed by atoms with Gasteiger partial charge in [0.15, 0.2) is 0 Å². The van der Waals surface area contributed by atoms with Crippen LogP contribution in [0, 0.1) is 0 Å². The van der Waals surface area contributed by atoms with Crippen molar-refractivity contribution >= 4 is 20.2 Å². The first-order chi connectivity index (χ1) is 4.24. The molecule has 0 amide bonds. The average Bonchev–Trinajstić information content (AvgIpc) is 1.70. The molecule has 3 N–H and O–H groups in total. The highest BCUT2D eigenvalue weighted by Gasteiger charge is 1.07. The van der Waals surface area contributed by atoms with E-state index in [2.05, 4.69) is 35.6 Å². The Morgan fingerprint density at radius 1 is 0.667 bits per heavy atom. The molecule has 0 spiro atoms. The van der Waals surface area contributed by atoms with Crippen molar-refractivity contribution in [2.24, 2.45) is 15.5 Å². The van der Waals surface area contributed by atoms with Crippen molar-refractivity contribution in [3.63, 3.8) is 0 Å². The molecule has 54 valence electrons. The van der Waals surface area contributed by atoms with E-state index < -0.39 is 0 Å². The number of oxime groups is 3. The number of nitrogens with zero attached hydrogens (tertiary/aromatic N) is 3. The Morgan fingerprint density at radius 2 is 0.667 bits per heavy atom. The van der Waals surface area contributed by atoms with Gasteiger partial charge in [0.1, 0.15) is 0 Å². The van der Waals surface area contributed by atoms with Crippen LogP contribution in [0.5, 0.6) is 0 Å². The van der Waals surface area contributed by atoms with E-state index in [0.717, 1.165) is 0 Å². The number of rotatable bonds is 0. The Kier molecular flexibility index (Phi) is 164. The van der Waals surface area contributed by atoms with Crippen molar-refractivity contribution in [1.29, 1.82) is 0 Å². The first kappa shape index (κ1) is 15.7. The van der Waals surface area contributed by atoms with Crippen LogP contribution in [0.15, 0.2) is 15.5 Å². The summed E-state index contributed by atoms with van der Waals surface area (Å²) in [5, 5.41) is 28.0. The molecular weight excluding hydrogens is 126 g/mol. The van der Waals surface area contributed by atoms with Crippen LogP contribution in [0.25, 0.3) is 0 Å². The van der Waals surface area contributed by atoms with Crippen molar-refractivity contribution in [2.45, 2.75) is 0 Å². The normalized spacial score (nSPS) is 4.00. The fraction of sp³-hybridized carbons (Fsp3) is 0. The summed E-state index contributed by atoms with van der Waals surface area (Å²) in [7, 11) is 0. The quantitative estimate of drug-likeness (QED) is 0.252. The summed E-state index contributed by atoms with van der Waals surface area (Å²) in [6.45, 7) is 8.00. The van der Waals surface area contributed by atoms with E-state index in [1.165, 1.54) is 0 Å². The Bertz CT molecular complexity index is 51.1. The summed E-state index contributed by atoms with van der Waals surface area (Å²) in [6.07, 6.45) is 0. The molecule has 6 heteroatoms. The third kappa shape index (κ3) is 49.3. The minimum absolute atomic E-state index is 2.25. The van der Waals surface area contributed by atoms with Gasteiger partial charge in [0.05, 0.1) is 0 Å². The van der Waals surface area contributed by atoms with Gasteiger partial charge in [-0.25, -0.2) is 0 Å². The van der Waals surface area contributed by atoms with Crippen molar-refractivity contribution < 1.29 is 15.6 Å². The molecule has 6 nitrogen and oxygen atoms in total. The Balaban J connectivity index is -0.0000000600. The van der Waals surface area contributed by atoms with Gasteiger partial charge in [0.25, 0.3) is 0 Å². The smallest absolute Gasteiger partial charge is 0.0298 e. The molecule has 0 fully saturated rings. The van der Waals surface area contributed by atoms with Gasteiger partial charge in [-0.05, 0) is 0 Å². The Labute approximate surface area is 52.4 Å². The highest BCUT2D eigenvalue weighted by molar-refractivity contribution is 5.21. The number of hydrogen-bond acceptors (Lipinski definition) is 6. The standard InChI is InChI=1S/3CH3NO/c3*1-2-3/h3*3H,1H2. The van der Waals surface area contributed by atoms with Gasteiger partial charge in [-0.15, -0.1) is 15.5 Å². The molecule has 0 heterocycles. The molecule has 0 unspecified atom stereocenters. The molecule has 0 atom stereocenters. The van der Waals surface area contributed by atoms with Gasteiger partial charge in [-0.3, -0.25) is 0 Å². The zero-order valence-electron chi connectivity index (χ0n) is 4.80. The lowest BCUT2D eigenvalue weighted by Crippen LogP contribution is -1.30. The van der Waals surface area contributed by atoms with Crippen molar-refractivity contribution in [3.05, 3.63) is 0 Å². The minimum atomic E-state index is 2.25. The third-order valence-electron chi connectivity index (χ3n) is 0. The molecule has 9 heavy (non-hydrogen) atoms. The lowest BCUT2D eigenvalue weighted by Gasteiger charge is -1.43. The SMILES string of the molecule is C=NO.C=NO.C=NO. The van der Waals surface area contributed by atoms with E-state index in [1.54, 1.807) is 0 Å². The second-order valence-corrected chi connectivity index (χ2v) is 0.424. The van der Waals surface area contributed by atoms with Gasteiger partial charge < -0.3 is 15.6 Å². The van der Waals surface area contributed by atoms with Crippen LogP contribution in [0.2, 0.25) is 0 Å². The molecule has 0 aliphatic heterocycles. The van der Waals surface area contributed by atoms with E-state index in [0.29, 0.717) is 0 Å². The van der Waals surface area contributed by atoms with Crippen LogP contribution in [-0.2, 0) is 0 Å². The maximum atomic E-state index is 7.08. The lowest BCUT2D eigenvalue weighted by molar-refractivity contribution is 0.323. The second-order valence-electron chi connectivity index (χ2n) is 0.424. The van der Waals surface area contributed by atoms with Gasteiger partial charge in [-0.2, -0.15) is 0 Å². The first-order valence-corrected chi connectivity index (χ1v) is 1.55. The molecule has 0 radical (unpaired) electrons. The average molecular weight is 135 g/mol. The summed E-state index contributed by atoms with van der Waals surface area (Å²) in [4.78, 5) is 0. The van der Waals surface area contributed by atoms with Crippen molar-refractivity contribution in [1.82, 2.24) is 0 Å². The molecule has 0 bridgehead atoms. The summed E-state index contributed by atoms with van der Waals surface area (Å²) < 4.78 is 0. The fourth-order valence-corrected chi connectivity index (χ4v) is 0. The summed E-state index contributed by atoms with van der Waals surface area (Å²) in [5.41, 5.74) is 0. The third-order valence-corrected chi connectivity index (χ3v) is 0. The molecule has 0 aromatic carbocycles. The molecule has 0 aliphatic rings. The fourth-order valence-electron chi connectivity index (χ4n) is 0. The highest BCUT2D eigenvalue weighted by Crippen LogP contribution is 1.20. The molecule has 0 aromatic heterocycles. The van der Waals surface area contributed by atoms with Crippen LogP contribution in [-0.4, -0.2) is 35.8 Å². The summed E-state index contributed by atoms with van der Waals surface area (Å²) in [5.74, 6) is 0.